The molecule has 1 aromatic carbocycles. The van der Waals surface area contributed by atoms with E-state index in [1.807, 2.05) is 6.07 Å². The summed E-state index contributed by atoms with van der Waals surface area (Å²) in [6, 6.07) is 6.10. The zero-order valence-corrected chi connectivity index (χ0v) is 12.9. The molecule has 3 unspecified atom stereocenters. The van der Waals surface area contributed by atoms with Crippen LogP contribution in [0.1, 0.15) is 18.9 Å². The van der Waals surface area contributed by atoms with Gasteiger partial charge in [-0.05, 0) is 37.0 Å². The molecule has 3 atom stereocenters. The van der Waals surface area contributed by atoms with Crippen molar-refractivity contribution < 1.29 is 4.79 Å². The van der Waals surface area contributed by atoms with Crippen molar-refractivity contribution >= 4 is 29.1 Å². The summed E-state index contributed by atoms with van der Waals surface area (Å²) in [5, 5.41) is 4.41. The number of nitrogens with zero attached hydrogens (tertiary/aromatic N) is 1. The zero-order chi connectivity index (χ0) is 14.3. The van der Waals surface area contributed by atoms with E-state index in [4.69, 9.17) is 23.2 Å². The van der Waals surface area contributed by atoms with Crippen molar-refractivity contribution in [3.8, 4) is 0 Å². The number of likely N-dealkylation sites (tertiary alicyclic amines) is 1. The van der Waals surface area contributed by atoms with Gasteiger partial charge in [-0.15, -0.1) is 0 Å². The number of carbonyl (C=O) groups excluding carboxylic acids is 1. The van der Waals surface area contributed by atoms with Crippen LogP contribution in [0.5, 0.6) is 0 Å². The predicted molar refractivity (Wildman–Crippen MR) is 81.2 cm³/mol. The first-order valence-corrected chi connectivity index (χ1v) is 7.77. The maximum absolute atomic E-state index is 12.6. The Bertz CT molecular complexity index is 535. The van der Waals surface area contributed by atoms with Crippen LogP contribution >= 0.6 is 23.2 Å². The smallest absolute Gasteiger partial charge is 0.227 e. The van der Waals surface area contributed by atoms with E-state index in [9.17, 15) is 4.79 Å². The number of benzene rings is 1. The predicted octanol–water partition coefficient (Wildman–Crippen LogP) is 2.74. The lowest BCUT2D eigenvalue weighted by molar-refractivity contribution is -0.133. The monoisotopic (exact) mass is 312 g/mol. The van der Waals surface area contributed by atoms with Gasteiger partial charge in [0.2, 0.25) is 5.91 Å². The molecule has 20 heavy (non-hydrogen) atoms. The highest BCUT2D eigenvalue weighted by Gasteiger charge is 2.43. The molecule has 3 nitrogen and oxygen atoms in total. The minimum Gasteiger partial charge on any atom is -0.335 e. The molecule has 2 aliphatic rings. The topological polar surface area (TPSA) is 32.3 Å². The van der Waals surface area contributed by atoms with Crippen molar-refractivity contribution in [2.45, 2.75) is 31.8 Å². The molecule has 1 N–H and O–H groups in total. The second-order valence-electron chi connectivity index (χ2n) is 5.80. The van der Waals surface area contributed by atoms with Crippen molar-refractivity contribution in [3.63, 3.8) is 0 Å². The largest absolute Gasteiger partial charge is 0.335 e. The Kier molecular flexibility index (Phi) is 3.93. The molecule has 2 fully saturated rings. The van der Waals surface area contributed by atoms with Crippen molar-refractivity contribution in [1.82, 2.24) is 10.2 Å². The molecule has 5 heteroatoms. The lowest BCUT2D eigenvalue weighted by Crippen LogP contribution is -2.43. The van der Waals surface area contributed by atoms with E-state index in [1.165, 1.54) is 0 Å². The third-order valence-corrected chi connectivity index (χ3v) is 5.15. The van der Waals surface area contributed by atoms with Gasteiger partial charge in [-0.25, -0.2) is 0 Å². The summed E-state index contributed by atoms with van der Waals surface area (Å²) in [5.41, 5.74) is 0.922. The van der Waals surface area contributed by atoms with Gasteiger partial charge in [0, 0.05) is 25.2 Å². The number of hydrogen-bond acceptors (Lipinski definition) is 2. The van der Waals surface area contributed by atoms with E-state index < -0.39 is 0 Å². The summed E-state index contributed by atoms with van der Waals surface area (Å²) in [6.07, 6.45) is 1.50. The fraction of sp³-hybridized carbons (Fsp3) is 0.533. The highest BCUT2D eigenvalue weighted by atomic mass is 35.5. The van der Waals surface area contributed by atoms with Crippen LogP contribution in [-0.2, 0) is 11.2 Å². The van der Waals surface area contributed by atoms with Crippen molar-refractivity contribution in [1.29, 1.82) is 0 Å². The van der Waals surface area contributed by atoms with Crippen molar-refractivity contribution in [2.24, 2.45) is 5.92 Å². The van der Waals surface area contributed by atoms with Gasteiger partial charge in [0.1, 0.15) is 0 Å². The summed E-state index contributed by atoms with van der Waals surface area (Å²) < 4.78 is 0. The van der Waals surface area contributed by atoms with Crippen LogP contribution in [0.15, 0.2) is 18.2 Å². The molecule has 0 aliphatic carbocycles. The molecule has 1 aromatic rings. The zero-order valence-electron chi connectivity index (χ0n) is 11.4. The molecule has 0 aromatic heterocycles. The van der Waals surface area contributed by atoms with E-state index in [0.29, 0.717) is 34.5 Å². The average molecular weight is 313 g/mol. The second-order valence-corrected chi connectivity index (χ2v) is 6.61. The maximum atomic E-state index is 12.6. The number of carbonyl (C=O) groups is 1. The number of nitrogens with one attached hydrogen (secondary N) is 1. The second kappa shape index (κ2) is 5.55. The van der Waals surface area contributed by atoms with E-state index >= 15 is 0 Å². The Morgan fingerprint density at radius 3 is 2.90 bits per heavy atom. The van der Waals surface area contributed by atoms with Crippen LogP contribution in [0.3, 0.4) is 0 Å². The number of amides is 1. The third-order valence-electron chi connectivity index (χ3n) is 4.41. The number of halogens is 2. The number of fused-ring (bicyclic) bond motifs is 1. The Morgan fingerprint density at radius 1 is 1.35 bits per heavy atom. The van der Waals surface area contributed by atoms with E-state index in [0.717, 1.165) is 25.1 Å². The normalized spacial score (nSPS) is 28.8. The van der Waals surface area contributed by atoms with E-state index in [-0.39, 0.29) is 5.91 Å². The molecule has 0 saturated carbocycles. The van der Waals surface area contributed by atoms with Crippen LogP contribution in [0.25, 0.3) is 0 Å². The Labute approximate surface area is 129 Å². The average Bonchev–Trinajstić information content (AvgIpc) is 2.93. The van der Waals surface area contributed by atoms with Gasteiger partial charge in [-0.1, -0.05) is 29.3 Å². The highest BCUT2D eigenvalue weighted by molar-refractivity contribution is 6.42. The fourth-order valence-corrected chi connectivity index (χ4v) is 3.83. The molecule has 3 rings (SSSR count). The van der Waals surface area contributed by atoms with Crippen molar-refractivity contribution in [2.75, 3.05) is 13.1 Å². The SMILES string of the molecule is CC1CC2CNCC2N1C(=O)Cc1ccc(Cl)c(Cl)c1. The summed E-state index contributed by atoms with van der Waals surface area (Å²) >= 11 is 11.9. The van der Waals surface area contributed by atoms with Crippen LogP contribution in [-0.4, -0.2) is 36.0 Å². The third kappa shape index (κ3) is 2.54. The Morgan fingerprint density at radius 2 is 2.15 bits per heavy atom. The minimum absolute atomic E-state index is 0.187. The standard InChI is InChI=1S/C15H18Cl2N2O/c1-9-4-11-7-18-8-14(11)19(9)15(20)6-10-2-3-12(16)13(17)5-10/h2-3,5,9,11,14,18H,4,6-8H2,1H3. The molecule has 108 valence electrons. The summed E-state index contributed by atoms with van der Waals surface area (Å²) in [5.74, 6) is 0.801. The van der Waals surface area contributed by atoms with Gasteiger partial charge in [0.25, 0.3) is 0 Å². The minimum atomic E-state index is 0.187. The van der Waals surface area contributed by atoms with Gasteiger partial charge >= 0.3 is 0 Å². The number of hydrogen-bond donors (Lipinski definition) is 1. The van der Waals surface area contributed by atoms with Crippen LogP contribution in [0.2, 0.25) is 10.0 Å². The van der Waals surface area contributed by atoms with Gasteiger partial charge in [0.05, 0.1) is 16.5 Å². The first kappa shape index (κ1) is 14.2. The van der Waals surface area contributed by atoms with E-state index in [1.54, 1.807) is 12.1 Å². The molecule has 1 amide bonds. The molecule has 2 saturated heterocycles. The highest BCUT2D eigenvalue weighted by Crippen LogP contribution is 2.33. The maximum Gasteiger partial charge on any atom is 0.227 e. The van der Waals surface area contributed by atoms with Crippen LogP contribution in [0, 0.1) is 5.92 Å². The van der Waals surface area contributed by atoms with Gasteiger partial charge in [-0.3, -0.25) is 4.79 Å². The molecule has 2 heterocycles. The first-order valence-electron chi connectivity index (χ1n) is 7.02. The molecule has 0 bridgehead atoms. The first-order chi connectivity index (χ1) is 9.56. The van der Waals surface area contributed by atoms with Gasteiger partial charge in [-0.2, -0.15) is 0 Å². The quantitative estimate of drug-likeness (QED) is 0.910. The van der Waals surface area contributed by atoms with Crippen molar-refractivity contribution in [3.05, 3.63) is 33.8 Å². The van der Waals surface area contributed by atoms with Gasteiger partial charge < -0.3 is 10.2 Å². The summed E-state index contributed by atoms with van der Waals surface area (Å²) in [6.45, 7) is 4.10. The summed E-state index contributed by atoms with van der Waals surface area (Å²) in [7, 11) is 0. The molecule has 2 aliphatic heterocycles. The molecule has 0 spiro atoms. The fourth-order valence-electron chi connectivity index (χ4n) is 3.51. The molecule has 0 radical (unpaired) electrons. The lowest BCUT2D eigenvalue weighted by atomic mass is 10.0. The van der Waals surface area contributed by atoms with Crippen LogP contribution in [0.4, 0.5) is 0 Å². The van der Waals surface area contributed by atoms with E-state index in [2.05, 4.69) is 17.1 Å². The Balaban J connectivity index is 1.74. The van der Waals surface area contributed by atoms with Gasteiger partial charge in [0.15, 0.2) is 0 Å². The molecular formula is C15H18Cl2N2O. The number of rotatable bonds is 2. The lowest BCUT2D eigenvalue weighted by Gasteiger charge is -2.27. The Hall–Kier alpha value is -0.770. The molecular weight excluding hydrogens is 295 g/mol. The van der Waals surface area contributed by atoms with Crippen LogP contribution < -0.4 is 5.32 Å². The summed E-state index contributed by atoms with van der Waals surface area (Å²) in [4.78, 5) is 14.6.